The lowest BCUT2D eigenvalue weighted by Crippen LogP contribution is -1.92. The molecule has 1 aromatic rings. The van der Waals surface area contributed by atoms with E-state index in [2.05, 4.69) is 25.1 Å². The molecule has 0 saturated heterocycles. The fourth-order valence-electron chi connectivity index (χ4n) is 1.81. The molecule has 76 valence electrons. The van der Waals surface area contributed by atoms with Gasteiger partial charge in [-0.2, -0.15) is 0 Å². The zero-order chi connectivity index (χ0) is 9.97. The predicted molar refractivity (Wildman–Crippen MR) is 58.4 cm³/mol. The van der Waals surface area contributed by atoms with Crippen molar-refractivity contribution < 1.29 is 4.74 Å². The van der Waals surface area contributed by atoms with E-state index in [1.54, 1.807) is 0 Å². The molecule has 14 heavy (non-hydrogen) atoms. The fourth-order valence-corrected chi connectivity index (χ4v) is 2.16. The number of hydrogen-bond acceptors (Lipinski definition) is 1. The van der Waals surface area contributed by atoms with Gasteiger partial charge in [-0.05, 0) is 23.1 Å². The summed E-state index contributed by atoms with van der Waals surface area (Å²) in [4.78, 5) is 0. The molecule has 0 amide bonds. The normalized spacial score (nSPS) is 16.7. The van der Waals surface area contributed by atoms with E-state index in [-0.39, 0.29) is 5.38 Å². The first-order valence-electron chi connectivity index (χ1n) is 5.14. The molecule has 1 atom stereocenters. The lowest BCUT2D eigenvalue weighted by molar-refractivity contribution is 0.134. The molecule has 1 aromatic carbocycles. The molecule has 1 unspecified atom stereocenters. The van der Waals surface area contributed by atoms with Crippen LogP contribution in [-0.2, 0) is 18.0 Å². The summed E-state index contributed by atoms with van der Waals surface area (Å²) in [6, 6.07) is 6.46. The van der Waals surface area contributed by atoms with Crippen LogP contribution >= 0.6 is 11.6 Å². The maximum absolute atomic E-state index is 6.27. The van der Waals surface area contributed by atoms with Gasteiger partial charge in [0, 0.05) is 0 Å². The van der Waals surface area contributed by atoms with Gasteiger partial charge in [0.15, 0.2) is 0 Å². The van der Waals surface area contributed by atoms with Crippen LogP contribution in [0.2, 0.25) is 0 Å². The van der Waals surface area contributed by atoms with Crippen molar-refractivity contribution in [2.24, 2.45) is 0 Å². The monoisotopic (exact) mass is 210 g/mol. The molecule has 1 aliphatic rings. The molecule has 0 spiro atoms. The zero-order valence-electron chi connectivity index (χ0n) is 8.42. The second kappa shape index (κ2) is 4.33. The Morgan fingerprint density at radius 1 is 1.36 bits per heavy atom. The third-order valence-electron chi connectivity index (χ3n) is 2.65. The van der Waals surface area contributed by atoms with Crippen molar-refractivity contribution >= 4 is 11.6 Å². The van der Waals surface area contributed by atoms with Gasteiger partial charge in [-0.15, -0.1) is 11.6 Å². The number of fused-ring (bicyclic) bond motifs is 1. The fraction of sp³-hybridized carbons (Fsp3) is 0.500. The molecular formula is C12H15ClO. The Kier molecular flexibility index (Phi) is 3.09. The minimum Gasteiger partial charge on any atom is -0.372 e. The average Bonchev–Trinajstić information content (AvgIpc) is 2.64. The van der Waals surface area contributed by atoms with Gasteiger partial charge in [-0.25, -0.2) is 0 Å². The first-order chi connectivity index (χ1) is 6.81. The van der Waals surface area contributed by atoms with Crippen LogP contribution in [0.1, 0.15) is 41.8 Å². The summed E-state index contributed by atoms with van der Waals surface area (Å²) in [6.45, 7) is 3.67. The van der Waals surface area contributed by atoms with E-state index in [1.165, 1.54) is 16.7 Å². The van der Waals surface area contributed by atoms with E-state index in [1.807, 2.05) is 0 Å². The Morgan fingerprint density at radius 2 is 2.14 bits per heavy atom. The Bertz CT molecular complexity index is 322. The molecule has 2 heteroatoms. The lowest BCUT2D eigenvalue weighted by Gasteiger charge is -2.09. The van der Waals surface area contributed by atoms with E-state index in [0.29, 0.717) is 0 Å². The highest BCUT2D eigenvalue weighted by Crippen LogP contribution is 2.29. The number of ether oxygens (including phenoxy) is 1. The molecule has 0 fully saturated rings. The number of halogens is 1. The standard InChI is InChI=1S/C12H15ClO/c1-2-3-12(13)9-4-5-10-7-14-8-11(10)6-9/h4-6,12H,2-3,7-8H2,1H3. The summed E-state index contributed by atoms with van der Waals surface area (Å²) >= 11 is 6.27. The van der Waals surface area contributed by atoms with Gasteiger partial charge >= 0.3 is 0 Å². The van der Waals surface area contributed by atoms with E-state index in [9.17, 15) is 0 Å². The Morgan fingerprint density at radius 3 is 2.93 bits per heavy atom. The van der Waals surface area contributed by atoms with Crippen molar-refractivity contribution in [2.75, 3.05) is 0 Å². The molecule has 0 N–H and O–H groups in total. The summed E-state index contributed by atoms with van der Waals surface area (Å²) in [5, 5.41) is 0.158. The van der Waals surface area contributed by atoms with E-state index >= 15 is 0 Å². The van der Waals surface area contributed by atoms with Gasteiger partial charge in [0.1, 0.15) is 0 Å². The van der Waals surface area contributed by atoms with Gasteiger partial charge in [0.05, 0.1) is 18.6 Å². The number of alkyl halides is 1. The number of hydrogen-bond donors (Lipinski definition) is 0. The van der Waals surface area contributed by atoms with Crippen LogP contribution in [0.3, 0.4) is 0 Å². The van der Waals surface area contributed by atoms with Crippen LogP contribution < -0.4 is 0 Å². The molecular weight excluding hydrogens is 196 g/mol. The molecule has 1 aliphatic heterocycles. The van der Waals surface area contributed by atoms with Crippen molar-refractivity contribution in [2.45, 2.75) is 38.4 Å². The van der Waals surface area contributed by atoms with Crippen LogP contribution in [0.5, 0.6) is 0 Å². The second-order valence-electron chi connectivity index (χ2n) is 3.78. The number of rotatable bonds is 3. The topological polar surface area (TPSA) is 9.23 Å². The highest BCUT2D eigenvalue weighted by Gasteiger charge is 2.14. The third kappa shape index (κ3) is 1.94. The summed E-state index contributed by atoms with van der Waals surface area (Å²) in [6.07, 6.45) is 2.17. The Hall–Kier alpha value is -0.530. The molecule has 0 radical (unpaired) electrons. The van der Waals surface area contributed by atoms with Crippen molar-refractivity contribution in [3.05, 3.63) is 34.9 Å². The Labute approximate surface area is 90.0 Å². The molecule has 2 rings (SSSR count). The maximum atomic E-state index is 6.27. The van der Waals surface area contributed by atoms with E-state index in [4.69, 9.17) is 16.3 Å². The number of benzene rings is 1. The van der Waals surface area contributed by atoms with Crippen LogP contribution in [0, 0.1) is 0 Å². The highest BCUT2D eigenvalue weighted by atomic mass is 35.5. The van der Waals surface area contributed by atoms with Crippen molar-refractivity contribution in [3.63, 3.8) is 0 Å². The molecule has 1 heterocycles. The van der Waals surface area contributed by atoms with Gasteiger partial charge in [-0.1, -0.05) is 31.5 Å². The first-order valence-corrected chi connectivity index (χ1v) is 5.58. The highest BCUT2D eigenvalue weighted by molar-refractivity contribution is 6.20. The predicted octanol–water partition coefficient (Wildman–Crippen LogP) is 3.80. The van der Waals surface area contributed by atoms with Crippen molar-refractivity contribution in [3.8, 4) is 0 Å². The van der Waals surface area contributed by atoms with E-state index in [0.717, 1.165) is 26.1 Å². The summed E-state index contributed by atoms with van der Waals surface area (Å²) < 4.78 is 5.37. The SMILES string of the molecule is CCCC(Cl)c1ccc2c(c1)COC2. The molecule has 0 bridgehead atoms. The summed E-state index contributed by atoms with van der Waals surface area (Å²) in [5.41, 5.74) is 3.86. The Balaban J connectivity index is 2.19. The second-order valence-corrected chi connectivity index (χ2v) is 4.30. The molecule has 0 saturated carbocycles. The van der Waals surface area contributed by atoms with E-state index < -0.39 is 0 Å². The molecule has 0 aliphatic carbocycles. The van der Waals surface area contributed by atoms with Gasteiger partial charge in [0.2, 0.25) is 0 Å². The molecule has 1 nitrogen and oxygen atoms in total. The lowest BCUT2D eigenvalue weighted by atomic mass is 10.0. The zero-order valence-corrected chi connectivity index (χ0v) is 9.18. The largest absolute Gasteiger partial charge is 0.372 e. The van der Waals surface area contributed by atoms with Crippen molar-refractivity contribution in [1.82, 2.24) is 0 Å². The van der Waals surface area contributed by atoms with Gasteiger partial charge in [-0.3, -0.25) is 0 Å². The quantitative estimate of drug-likeness (QED) is 0.690. The smallest absolute Gasteiger partial charge is 0.0725 e. The van der Waals surface area contributed by atoms with Crippen LogP contribution in [-0.4, -0.2) is 0 Å². The van der Waals surface area contributed by atoms with Crippen molar-refractivity contribution in [1.29, 1.82) is 0 Å². The van der Waals surface area contributed by atoms with Gasteiger partial charge < -0.3 is 4.74 Å². The summed E-state index contributed by atoms with van der Waals surface area (Å²) in [5.74, 6) is 0. The van der Waals surface area contributed by atoms with Gasteiger partial charge in [0.25, 0.3) is 0 Å². The summed E-state index contributed by atoms with van der Waals surface area (Å²) in [7, 11) is 0. The third-order valence-corrected chi connectivity index (χ3v) is 3.12. The average molecular weight is 211 g/mol. The maximum Gasteiger partial charge on any atom is 0.0725 e. The van der Waals surface area contributed by atoms with Crippen LogP contribution in [0.15, 0.2) is 18.2 Å². The minimum atomic E-state index is 0.158. The van der Waals surface area contributed by atoms with Crippen LogP contribution in [0.4, 0.5) is 0 Å². The molecule has 0 aromatic heterocycles. The minimum absolute atomic E-state index is 0.158. The first kappa shape index (κ1) is 10.0. The van der Waals surface area contributed by atoms with Crippen LogP contribution in [0.25, 0.3) is 0 Å².